The fourth-order valence-electron chi connectivity index (χ4n) is 7.39. The predicted molar refractivity (Wildman–Crippen MR) is 210 cm³/mol. The predicted octanol–water partition coefficient (Wildman–Crippen LogP) is 13.9. The van der Waals surface area contributed by atoms with Crippen LogP contribution in [0, 0.1) is 0 Å². The standard InChI is InChI=1S/C46H29NOS/c1-2-11-30(12-3-1)35-13-4-7-18-41(35)47(34-27-23-32-24-28-44-45(40(32)29-34)39-15-6-9-20-43(39)49-44)33-25-21-31(22-26-33)36-16-10-17-38-37-14-5-8-19-42(37)48-46(36)38/h1-29H. The molecule has 2 heterocycles. The number of hydrogen-bond acceptors (Lipinski definition) is 3. The summed E-state index contributed by atoms with van der Waals surface area (Å²) in [5, 5.41) is 7.42. The highest BCUT2D eigenvalue weighted by Crippen LogP contribution is 2.45. The minimum absolute atomic E-state index is 0.911. The topological polar surface area (TPSA) is 16.4 Å². The van der Waals surface area contributed by atoms with E-state index >= 15 is 0 Å². The summed E-state index contributed by atoms with van der Waals surface area (Å²) in [6, 6.07) is 63.2. The van der Waals surface area contributed by atoms with E-state index in [0.717, 1.165) is 50.1 Å². The molecule has 0 saturated carbocycles. The zero-order valence-corrected chi connectivity index (χ0v) is 27.3. The van der Waals surface area contributed by atoms with E-state index in [1.807, 2.05) is 23.5 Å². The van der Waals surface area contributed by atoms with E-state index < -0.39 is 0 Å². The number of furan rings is 1. The SMILES string of the molecule is c1ccc(-c2ccccc2N(c2ccc(-c3cccc4c3oc3ccccc34)cc2)c2ccc3ccc4sc5ccccc5c4c3c2)cc1. The van der Waals surface area contributed by atoms with Crippen LogP contribution in [0.15, 0.2) is 180 Å². The quantitative estimate of drug-likeness (QED) is 0.186. The van der Waals surface area contributed by atoms with Gasteiger partial charge in [0.2, 0.25) is 0 Å². The summed E-state index contributed by atoms with van der Waals surface area (Å²) < 4.78 is 9.04. The molecule has 0 unspecified atom stereocenters. The number of hydrogen-bond donors (Lipinski definition) is 0. The summed E-state index contributed by atoms with van der Waals surface area (Å²) in [7, 11) is 0. The van der Waals surface area contributed by atoms with Gasteiger partial charge in [0.05, 0.1) is 5.69 Å². The number of benzene rings is 8. The van der Waals surface area contributed by atoms with Gasteiger partial charge in [-0.15, -0.1) is 11.3 Å². The molecule has 230 valence electrons. The zero-order valence-electron chi connectivity index (χ0n) is 26.5. The molecular formula is C46H29NOS. The number of thiophene rings is 1. The van der Waals surface area contributed by atoms with Gasteiger partial charge in [-0.2, -0.15) is 0 Å². The van der Waals surface area contributed by atoms with Gasteiger partial charge >= 0.3 is 0 Å². The lowest BCUT2D eigenvalue weighted by atomic mass is 9.99. The van der Waals surface area contributed by atoms with Gasteiger partial charge in [0.25, 0.3) is 0 Å². The van der Waals surface area contributed by atoms with Crippen LogP contribution in [0.25, 0.3) is 75.1 Å². The highest BCUT2D eigenvalue weighted by atomic mass is 32.1. The summed E-state index contributed by atoms with van der Waals surface area (Å²) >= 11 is 1.86. The Balaban J connectivity index is 1.18. The molecule has 0 aliphatic carbocycles. The molecule has 0 amide bonds. The first-order valence-corrected chi connectivity index (χ1v) is 17.4. The van der Waals surface area contributed by atoms with E-state index in [1.165, 1.54) is 42.1 Å². The Morgan fingerprint density at radius 3 is 2.00 bits per heavy atom. The first kappa shape index (κ1) is 27.9. The normalized spacial score (nSPS) is 11.7. The van der Waals surface area contributed by atoms with Gasteiger partial charge in [0.1, 0.15) is 11.2 Å². The summed E-state index contributed by atoms with van der Waals surface area (Å²) in [5.41, 5.74) is 9.74. The number of rotatable bonds is 5. The van der Waals surface area contributed by atoms with E-state index in [4.69, 9.17) is 4.42 Å². The van der Waals surface area contributed by atoms with Gasteiger partial charge in [0, 0.05) is 53.4 Å². The van der Waals surface area contributed by atoms with Crippen molar-refractivity contribution in [3.05, 3.63) is 176 Å². The van der Waals surface area contributed by atoms with E-state index in [9.17, 15) is 0 Å². The maximum atomic E-state index is 6.41. The monoisotopic (exact) mass is 643 g/mol. The first-order valence-electron chi connectivity index (χ1n) is 16.6. The van der Waals surface area contributed by atoms with Gasteiger partial charge in [-0.3, -0.25) is 0 Å². The van der Waals surface area contributed by atoms with Crippen molar-refractivity contribution in [1.82, 2.24) is 0 Å². The fourth-order valence-corrected chi connectivity index (χ4v) is 8.51. The average molecular weight is 644 g/mol. The molecule has 0 atom stereocenters. The summed E-state index contributed by atoms with van der Waals surface area (Å²) in [4.78, 5) is 2.40. The molecule has 10 rings (SSSR count). The molecule has 2 aromatic heterocycles. The fraction of sp³-hybridized carbons (Fsp3) is 0. The Hall–Kier alpha value is -6.16. The Morgan fingerprint density at radius 2 is 1.10 bits per heavy atom. The Morgan fingerprint density at radius 1 is 0.429 bits per heavy atom. The second-order valence-electron chi connectivity index (χ2n) is 12.5. The van der Waals surface area contributed by atoms with E-state index in [0.29, 0.717) is 0 Å². The van der Waals surface area contributed by atoms with Gasteiger partial charge in [0.15, 0.2) is 0 Å². The zero-order chi connectivity index (χ0) is 32.3. The number of para-hydroxylation sites is 3. The molecule has 0 radical (unpaired) electrons. The highest BCUT2D eigenvalue weighted by Gasteiger charge is 2.19. The molecule has 0 aliphatic heterocycles. The van der Waals surface area contributed by atoms with Crippen molar-refractivity contribution in [1.29, 1.82) is 0 Å². The maximum Gasteiger partial charge on any atom is 0.143 e. The van der Waals surface area contributed by atoms with Crippen molar-refractivity contribution in [3.8, 4) is 22.3 Å². The van der Waals surface area contributed by atoms with Crippen molar-refractivity contribution >= 4 is 81.3 Å². The number of anilines is 3. The second-order valence-corrected chi connectivity index (χ2v) is 13.6. The molecule has 3 heteroatoms. The maximum absolute atomic E-state index is 6.41. The van der Waals surface area contributed by atoms with Crippen molar-refractivity contribution < 1.29 is 4.42 Å². The molecule has 0 saturated heterocycles. The smallest absolute Gasteiger partial charge is 0.143 e. The molecule has 8 aromatic carbocycles. The molecule has 2 nitrogen and oxygen atoms in total. The van der Waals surface area contributed by atoms with Crippen molar-refractivity contribution in [2.24, 2.45) is 0 Å². The lowest BCUT2D eigenvalue weighted by Crippen LogP contribution is -2.11. The third kappa shape index (κ3) is 4.55. The summed E-state index contributed by atoms with van der Waals surface area (Å²) in [5.74, 6) is 0. The van der Waals surface area contributed by atoms with E-state index in [1.54, 1.807) is 0 Å². The highest BCUT2D eigenvalue weighted by molar-refractivity contribution is 7.26. The van der Waals surface area contributed by atoms with Crippen LogP contribution in [0.3, 0.4) is 0 Å². The minimum Gasteiger partial charge on any atom is -0.455 e. The second kappa shape index (κ2) is 11.2. The molecular weight excluding hydrogens is 615 g/mol. The Bertz CT molecular complexity index is 2830. The van der Waals surface area contributed by atoms with Crippen LogP contribution >= 0.6 is 11.3 Å². The Kier molecular flexibility index (Phi) is 6.39. The van der Waals surface area contributed by atoms with E-state index in [2.05, 4.69) is 169 Å². The number of nitrogens with zero attached hydrogens (tertiary/aromatic N) is 1. The summed E-state index contributed by atoms with van der Waals surface area (Å²) in [6.45, 7) is 0. The van der Waals surface area contributed by atoms with Crippen molar-refractivity contribution in [3.63, 3.8) is 0 Å². The molecule has 0 bridgehead atoms. The third-order valence-electron chi connectivity index (χ3n) is 9.67. The Labute approximate surface area is 287 Å². The molecule has 0 N–H and O–H groups in total. The van der Waals surface area contributed by atoms with Crippen molar-refractivity contribution in [2.45, 2.75) is 0 Å². The number of fused-ring (bicyclic) bond motifs is 8. The van der Waals surface area contributed by atoms with Crippen LogP contribution < -0.4 is 4.90 Å². The lowest BCUT2D eigenvalue weighted by Gasteiger charge is -2.28. The minimum atomic E-state index is 0.911. The van der Waals surface area contributed by atoms with Gasteiger partial charge < -0.3 is 9.32 Å². The van der Waals surface area contributed by atoms with Crippen LogP contribution in [-0.2, 0) is 0 Å². The lowest BCUT2D eigenvalue weighted by molar-refractivity contribution is 0.670. The van der Waals surface area contributed by atoms with Crippen LogP contribution in [-0.4, -0.2) is 0 Å². The van der Waals surface area contributed by atoms with Gasteiger partial charge in [-0.1, -0.05) is 127 Å². The third-order valence-corrected chi connectivity index (χ3v) is 10.8. The first-order chi connectivity index (χ1) is 24.3. The molecule has 0 aliphatic rings. The molecule has 10 aromatic rings. The van der Waals surface area contributed by atoms with Crippen molar-refractivity contribution in [2.75, 3.05) is 4.90 Å². The van der Waals surface area contributed by atoms with Gasteiger partial charge in [-0.25, -0.2) is 0 Å². The van der Waals surface area contributed by atoms with E-state index in [-0.39, 0.29) is 0 Å². The summed E-state index contributed by atoms with van der Waals surface area (Å²) in [6.07, 6.45) is 0. The van der Waals surface area contributed by atoms with Crippen LogP contribution in [0.2, 0.25) is 0 Å². The molecule has 49 heavy (non-hydrogen) atoms. The van der Waals surface area contributed by atoms with Crippen LogP contribution in [0.1, 0.15) is 0 Å². The molecule has 0 fully saturated rings. The average Bonchev–Trinajstić information content (AvgIpc) is 3.75. The van der Waals surface area contributed by atoms with Crippen LogP contribution in [0.5, 0.6) is 0 Å². The largest absolute Gasteiger partial charge is 0.455 e. The van der Waals surface area contributed by atoms with Crippen LogP contribution in [0.4, 0.5) is 17.1 Å². The molecule has 0 spiro atoms. The van der Waals surface area contributed by atoms with Gasteiger partial charge in [-0.05, 0) is 70.4 Å².